The fourth-order valence-electron chi connectivity index (χ4n) is 2.33. The molecule has 1 aliphatic heterocycles. The molecule has 0 bridgehead atoms. The fraction of sp³-hybridized carbons (Fsp3) is 0.583. The number of hydrogen-bond acceptors (Lipinski definition) is 4. The highest BCUT2D eigenvalue weighted by Gasteiger charge is 2.21. The van der Waals surface area contributed by atoms with Crippen LogP contribution >= 0.6 is 0 Å². The van der Waals surface area contributed by atoms with E-state index in [0.717, 1.165) is 25.9 Å². The van der Waals surface area contributed by atoms with E-state index in [1.807, 2.05) is 0 Å². The Morgan fingerprint density at radius 3 is 2.79 bits per heavy atom. The lowest BCUT2D eigenvalue weighted by Crippen LogP contribution is -2.36. The van der Waals surface area contributed by atoms with Crippen LogP contribution in [0.5, 0.6) is 0 Å². The first-order valence-electron chi connectivity index (χ1n) is 6.38. The van der Waals surface area contributed by atoms with Gasteiger partial charge in [0.2, 0.25) is 0 Å². The van der Waals surface area contributed by atoms with Gasteiger partial charge in [-0.3, -0.25) is 4.79 Å². The van der Waals surface area contributed by atoms with Gasteiger partial charge in [0.25, 0.3) is 5.91 Å². The van der Waals surface area contributed by atoms with E-state index in [-0.39, 0.29) is 11.7 Å². The van der Waals surface area contributed by atoms with Crippen molar-refractivity contribution in [3.05, 3.63) is 27.9 Å². The topological polar surface area (TPSA) is 89.2 Å². The second-order valence-corrected chi connectivity index (χ2v) is 4.80. The standard InChI is InChI=1S/C12H18N4O3/c1-15-10(2-3-11(15)16(18)19)12(17)14-8-9-4-6-13-7-5-9/h2-3,9,13H,4-8H2,1H3,(H,14,17). The molecular formula is C12H18N4O3. The summed E-state index contributed by atoms with van der Waals surface area (Å²) < 4.78 is 1.30. The Hall–Kier alpha value is -1.89. The molecule has 1 aliphatic rings. The number of carbonyl (C=O) groups is 1. The molecule has 0 atom stereocenters. The van der Waals surface area contributed by atoms with Crippen LogP contribution in [-0.4, -0.2) is 35.0 Å². The molecule has 0 radical (unpaired) electrons. The van der Waals surface area contributed by atoms with Gasteiger partial charge in [0.1, 0.15) is 0 Å². The number of nitrogens with zero attached hydrogens (tertiary/aromatic N) is 2. The summed E-state index contributed by atoms with van der Waals surface area (Å²) in [5.41, 5.74) is 0.320. The predicted octanol–water partition coefficient (Wildman–Crippen LogP) is 0.663. The Morgan fingerprint density at radius 1 is 1.53 bits per heavy atom. The molecule has 0 spiro atoms. The molecule has 7 nitrogen and oxygen atoms in total. The average molecular weight is 266 g/mol. The Kier molecular flexibility index (Phi) is 4.16. The molecule has 1 amide bonds. The summed E-state index contributed by atoms with van der Waals surface area (Å²) >= 11 is 0. The van der Waals surface area contributed by atoms with E-state index in [9.17, 15) is 14.9 Å². The van der Waals surface area contributed by atoms with Gasteiger partial charge in [0.05, 0.1) is 7.05 Å². The average Bonchev–Trinajstić information content (AvgIpc) is 2.79. The van der Waals surface area contributed by atoms with Crippen LogP contribution in [0.15, 0.2) is 12.1 Å². The zero-order chi connectivity index (χ0) is 13.8. The van der Waals surface area contributed by atoms with E-state index in [2.05, 4.69) is 10.6 Å². The monoisotopic (exact) mass is 266 g/mol. The summed E-state index contributed by atoms with van der Waals surface area (Å²) in [5, 5.41) is 16.8. The van der Waals surface area contributed by atoms with Gasteiger partial charge in [-0.15, -0.1) is 0 Å². The van der Waals surface area contributed by atoms with Gasteiger partial charge in [-0.2, -0.15) is 0 Å². The first-order valence-corrected chi connectivity index (χ1v) is 6.38. The Bertz CT molecular complexity index is 477. The van der Waals surface area contributed by atoms with Gasteiger partial charge >= 0.3 is 5.82 Å². The number of piperidine rings is 1. The Morgan fingerprint density at radius 2 is 2.21 bits per heavy atom. The number of nitro groups is 1. The zero-order valence-corrected chi connectivity index (χ0v) is 10.9. The molecule has 0 aromatic carbocycles. The molecule has 0 unspecified atom stereocenters. The van der Waals surface area contributed by atoms with Gasteiger partial charge in [0, 0.05) is 12.6 Å². The maximum atomic E-state index is 12.0. The molecule has 1 fully saturated rings. The molecule has 104 valence electrons. The normalized spacial score (nSPS) is 16.3. The highest BCUT2D eigenvalue weighted by atomic mass is 16.6. The van der Waals surface area contributed by atoms with Crippen LogP contribution in [0, 0.1) is 16.0 Å². The lowest BCUT2D eigenvalue weighted by Gasteiger charge is -2.22. The third kappa shape index (κ3) is 3.11. The van der Waals surface area contributed by atoms with Crippen LogP contribution in [0.2, 0.25) is 0 Å². The summed E-state index contributed by atoms with van der Waals surface area (Å²) in [6, 6.07) is 2.83. The van der Waals surface area contributed by atoms with E-state index in [0.29, 0.717) is 18.2 Å². The second-order valence-electron chi connectivity index (χ2n) is 4.80. The predicted molar refractivity (Wildman–Crippen MR) is 70.0 cm³/mol. The number of rotatable bonds is 4. The maximum Gasteiger partial charge on any atom is 0.323 e. The molecule has 19 heavy (non-hydrogen) atoms. The number of amides is 1. The van der Waals surface area contributed by atoms with Crippen molar-refractivity contribution >= 4 is 11.7 Å². The first kappa shape index (κ1) is 13.5. The van der Waals surface area contributed by atoms with Crippen LogP contribution in [-0.2, 0) is 7.05 Å². The molecule has 1 saturated heterocycles. The molecule has 0 saturated carbocycles. The number of aromatic nitrogens is 1. The number of carbonyl (C=O) groups excluding carboxylic acids is 1. The highest BCUT2D eigenvalue weighted by molar-refractivity contribution is 5.93. The minimum absolute atomic E-state index is 0.0768. The summed E-state index contributed by atoms with van der Waals surface area (Å²) in [4.78, 5) is 22.2. The molecule has 2 heterocycles. The van der Waals surface area contributed by atoms with E-state index >= 15 is 0 Å². The molecule has 2 N–H and O–H groups in total. The van der Waals surface area contributed by atoms with Gasteiger partial charge in [-0.25, -0.2) is 4.57 Å². The highest BCUT2D eigenvalue weighted by Crippen LogP contribution is 2.15. The molecule has 0 aliphatic carbocycles. The quantitative estimate of drug-likeness (QED) is 0.619. The van der Waals surface area contributed by atoms with Gasteiger partial charge in [0.15, 0.2) is 5.69 Å². The van der Waals surface area contributed by atoms with Crippen molar-refractivity contribution in [3.8, 4) is 0 Å². The zero-order valence-electron chi connectivity index (χ0n) is 10.9. The first-order chi connectivity index (χ1) is 9.09. The molecule has 2 rings (SSSR count). The van der Waals surface area contributed by atoms with Gasteiger partial charge in [-0.1, -0.05) is 0 Å². The second kappa shape index (κ2) is 5.83. The smallest absolute Gasteiger partial charge is 0.323 e. The summed E-state index contributed by atoms with van der Waals surface area (Å²) in [7, 11) is 1.53. The Labute approximate surface area is 111 Å². The minimum Gasteiger partial charge on any atom is -0.358 e. The van der Waals surface area contributed by atoms with Gasteiger partial charge < -0.3 is 20.7 Å². The van der Waals surface area contributed by atoms with Crippen molar-refractivity contribution in [3.63, 3.8) is 0 Å². The number of hydrogen-bond donors (Lipinski definition) is 2. The van der Waals surface area contributed by atoms with Crippen LogP contribution in [0.3, 0.4) is 0 Å². The summed E-state index contributed by atoms with van der Waals surface area (Å²) in [5.74, 6) is 0.154. The Balaban J connectivity index is 1.94. The van der Waals surface area contributed by atoms with Gasteiger partial charge in [-0.05, 0) is 42.8 Å². The van der Waals surface area contributed by atoms with Crippen molar-refractivity contribution in [1.82, 2.24) is 15.2 Å². The third-order valence-corrected chi connectivity index (χ3v) is 3.52. The maximum absolute atomic E-state index is 12.0. The van der Waals surface area contributed by atoms with Crippen LogP contribution in [0.25, 0.3) is 0 Å². The van der Waals surface area contributed by atoms with E-state index in [1.54, 1.807) is 0 Å². The molecule has 1 aromatic rings. The minimum atomic E-state index is -0.496. The SMILES string of the molecule is Cn1c(C(=O)NCC2CCNCC2)ccc1[N+](=O)[O-]. The third-order valence-electron chi connectivity index (χ3n) is 3.52. The van der Waals surface area contributed by atoms with Crippen molar-refractivity contribution in [2.75, 3.05) is 19.6 Å². The molecular weight excluding hydrogens is 248 g/mol. The summed E-state index contributed by atoms with van der Waals surface area (Å²) in [6.45, 7) is 2.59. The number of nitrogens with one attached hydrogen (secondary N) is 2. The van der Waals surface area contributed by atoms with Crippen LogP contribution < -0.4 is 10.6 Å². The lowest BCUT2D eigenvalue weighted by molar-refractivity contribution is -0.391. The van der Waals surface area contributed by atoms with E-state index in [4.69, 9.17) is 0 Å². The largest absolute Gasteiger partial charge is 0.358 e. The van der Waals surface area contributed by atoms with Crippen LogP contribution in [0.4, 0.5) is 5.82 Å². The molecule has 1 aromatic heterocycles. The van der Waals surface area contributed by atoms with E-state index in [1.165, 1.54) is 23.7 Å². The van der Waals surface area contributed by atoms with Crippen LogP contribution in [0.1, 0.15) is 23.3 Å². The van der Waals surface area contributed by atoms with Crippen molar-refractivity contribution in [2.45, 2.75) is 12.8 Å². The molecule has 7 heteroatoms. The van der Waals surface area contributed by atoms with Crippen molar-refractivity contribution in [2.24, 2.45) is 13.0 Å². The van der Waals surface area contributed by atoms with Crippen molar-refractivity contribution < 1.29 is 9.72 Å². The van der Waals surface area contributed by atoms with Crippen molar-refractivity contribution in [1.29, 1.82) is 0 Å². The lowest BCUT2D eigenvalue weighted by atomic mass is 9.98. The fourth-order valence-corrected chi connectivity index (χ4v) is 2.33. The summed E-state index contributed by atoms with van der Waals surface area (Å²) in [6.07, 6.45) is 2.10. The van der Waals surface area contributed by atoms with E-state index < -0.39 is 4.92 Å².